The summed E-state index contributed by atoms with van der Waals surface area (Å²) < 4.78 is 0. The second-order valence-corrected chi connectivity index (χ2v) is 3.34. The van der Waals surface area contributed by atoms with Crippen LogP contribution in [-0.4, -0.2) is 0 Å². The lowest BCUT2D eigenvalue weighted by Crippen LogP contribution is -1.88. The van der Waals surface area contributed by atoms with Gasteiger partial charge in [0, 0.05) is 0 Å². The summed E-state index contributed by atoms with van der Waals surface area (Å²) in [5.74, 6) is 0.853. The molecule has 0 spiro atoms. The van der Waals surface area contributed by atoms with E-state index in [0.717, 1.165) is 5.92 Å². The van der Waals surface area contributed by atoms with Crippen LogP contribution in [0.5, 0.6) is 0 Å². The van der Waals surface area contributed by atoms with Crippen LogP contribution < -0.4 is 0 Å². The van der Waals surface area contributed by atoms with Gasteiger partial charge in [0.2, 0.25) is 0 Å². The maximum atomic E-state index is 2.29. The molecule has 14 heavy (non-hydrogen) atoms. The van der Waals surface area contributed by atoms with Gasteiger partial charge in [-0.05, 0) is 36.3 Å². The normalized spacial score (nSPS) is 17.5. The first-order chi connectivity index (χ1) is 6.42. The van der Waals surface area contributed by atoms with Gasteiger partial charge in [-0.2, -0.15) is 0 Å². The van der Waals surface area contributed by atoms with Crippen LogP contribution in [0.3, 0.4) is 0 Å². The summed E-state index contributed by atoms with van der Waals surface area (Å²) in [5.41, 5.74) is 3.19. The van der Waals surface area contributed by atoms with Gasteiger partial charge in [0.25, 0.3) is 0 Å². The summed E-state index contributed by atoms with van der Waals surface area (Å²) in [6.07, 6.45) is 3.97. The molecule has 0 aliphatic heterocycles. The molecule has 1 aromatic carbocycles. The Morgan fingerprint density at radius 3 is 2.50 bits per heavy atom. The third kappa shape index (κ3) is 2.60. The molecule has 0 N–H and O–H groups in total. The standard InChI is InChI=1S/C11H14.C2H6.CH4/c1-2-9-7-8-10-5-3-4-6-11(9)10;1-2;/h3-6,9H,2,7-8H2,1H3;1-2H3;1H4. The van der Waals surface area contributed by atoms with Crippen molar-refractivity contribution >= 4 is 0 Å². The predicted molar refractivity (Wildman–Crippen MR) is 65.9 cm³/mol. The van der Waals surface area contributed by atoms with Crippen LogP contribution in [0.15, 0.2) is 24.3 Å². The van der Waals surface area contributed by atoms with Gasteiger partial charge >= 0.3 is 0 Å². The lowest BCUT2D eigenvalue weighted by Gasteiger charge is -2.06. The Morgan fingerprint density at radius 1 is 1.21 bits per heavy atom. The van der Waals surface area contributed by atoms with Crippen LogP contribution in [0, 0.1) is 0 Å². The molecular weight excluding hydrogens is 168 g/mol. The van der Waals surface area contributed by atoms with Crippen molar-refractivity contribution in [3.8, 4) is 0 Å². The van der Waals surface area contributed by atoms with Crippen molar-refractivity contribution in [1.82, 2.24) is 0 Å². The molecule has 1 aliphatic rings. The van der Waals surface area contributed by atoms with Gasteiger partial charge in [-0.25, -0.2) is 0 Å². The number of benzene rings is 1. The first kappa shape index (κ1) is 13.2. The quantitative estimate of drug-likeness (QED) is 0.600. The zero-order chi connectivity index (χ0) is 9.68. The van der Waals surface area contributed by atoms with E-state index in [4.69, 9.17) is 0 Å². The smallest absolute Gasteiger partial charge is 0.0159 e. The van der Waals surface area contributed by atoms with E-state index >= 15 is 0 Å². The highest BCUT2D eigenvalue weighted by atomic mass is 14.2. The number of hydrogen-bond acceptors (Lipinski definition) is 0. The largest absolute Gasteiger partial charge is 0.0776 e. The van der Waals surface area contributed by atoms with Gasteiger partial charge in [-0.1, -0.05) is 52.5 Å². The molecule has 0 aromatic heterocycles. The molecule has 1 aliphatic carbocycles. The second kappa shape index (κ2) is 6.64. The molecule has 2 rings (SSSR count). The molecule has 0 radical (unpaired) electrons. The zero-order valence-electron chi connectivity index (χ0n) is 9.01. The molecule has 80 valence electrons. The molecule has 0 bridgehead atoms. The molecule has 0 heteroatoms. The number of rotatable bonds is 1. The van der Waals surface area contributed by atoms with E-state index in [-0.39, 0.29) is 7.43 Å². The molecule has 1 atom stereocenters. The van der Waals surface area contributed by atoms with E-state index in [0.29, 0.717) is 0 Å². The van der Waals surface area contributed by atoms with E-state index < -0.39 is 0 Å². The average Bonchev–Trinajstić information content (AvgIpc) is 2.64. The minimum Gasteiger partial charge on any atom is -0.0776 e. The van der Waals surface area contributed by atoms with Gasteiger partial charge in [0.15, 0.2) is 0 Å². The Bertz CT molecular complexity index is 250. The maximum Gasteiger partial charge on any atom is -0.0159 e. The third-order valence-electron chi connectivity index (χ3n) is 2.75. The van der Waals surface area contributed by atoms with E-state index in [2.05, 4.69) is 31.2 Å². The number of aryl methyl sites for hydroxylation is 1. The van der Waals surface area contributed by atoms with Crippen molar-refractivity contribution in [3.05, 3.63) is 35.4 Å². The van der Waals surface area contributed by atoms with E-state index in [9.17, 15) is 0 Å². The van der Waals surface area contributed by atoms with Crippen LogP contribution in [0.1, 0.15) is 58.1 Å². The second-order valence-electron chi connectivity index (χ2n) is 3.34. The van der Waals surface area contributed by atoms with Crippen LogP contribution in [0.2, 0.25) is 0 Å². The summed E-state index contributed by atoms with van der Waals surface area (Å²) in [6.45, 7) is 6.28. The highest BCUT2D eigenvalue weighted by molar-refractivity contribution is 5.34. The SMILES string of the molecule is C.CC.CCC1CCc2ccccc21. The summed E-state index contributed by atoms with van der Waals surface area (Å²) in [7, 11) is 0. The summed E-state index contributed by atoms with van der Waals surface area (Å²) >= 11 is 0. The number of hydrogen-bond donors (Lipinski definition) is 0. The average molecular weight is 192 g/mol. The van der Waals surface area contributed by atoms with Crippen LogP contribution in [-0.2, 0) is 6.42 Å². The van der Waals surface area contributed by atoms with Crippen molar-refractivity contribution < 1.29 is 0 Å². The van der Waals surface area contributed by atoms with Crippen LogP contribution in [0.25, 0.3) is 0 Å². The summed E-state index contributed by atoms with van der Waals surface area (Å²) in [5, 5.41) is 0. The first-order valence-electron chi connectivity index (χ1n) is 5.49. The van der Waals surface area contributed by atoms with E-state index in [1.54, 1.807) is 11.1 Å². The zero-order valence-corrected chi connectivity index (χ0v) is 9.01. The Morgan fingerprint density at radius 2 is 1.86 bits per heavy atom. The Hall–Kier alpha value is -0.780. The molecule has 0 saturated heterocycles. The van der Waals surface area contributed by atoms with Gasteiger partial charge in [-0.3, -0.25) is 0 Å². The monoisotopic (exact) mass is 192 g/mol. The van der Waals surface area contributed by atoms with Crippen molar-refractivity contribution in [3.63, 3.8) is 0 Å². The highest BCUT2D eigenvalue weighted by Crippen LogP contribution is 2.34. The lowest BCUT2D eigenvalue weighted by atomic mass is 9.99. The molecule has 0 heterocycles. The van der Waals surface area contributed by atoms with Crippen LogP contribution >= 0.6 is 0 Å². The number of fused-ring (bicyclic) bond motifs is 1. The highest BCUT2D eigenvalue weighted by Gasteiger charge is 2.19. The Labute approximate surface area is 89.4 Å². The van der Waals surface area contributed by atoms with E-state index in [1.165, 1.54) is 19.3 Å². The minimum absolute atomic E-state index is 0. The lowest BCUT2D eigenvalue weighted by molar-refractivity contribution is 0.656. The van der Waals surface area contributed by atoms with Gasteiger partial charge < -0.3 is 0 Å². The third-order valence-corrected chi connectivity index (χ3v) is 2.75. The van der Waals surface area contributed by atoms with Gasteiger partial charge in [0.05, 0.1) is 0 Å². The minimum atomic E-state index is 0. The Balaban J connectivity index is 0.000000531. The molecule has 0 fully saturated rings. The van der Waals surface area contributed by atoms with Crippen molar-refractivity contribution in [1.29, 1.82) is 0 Å². The molecule has 1 aromatic rings. The summed E-state index contributed by atoms with van der Waals surface area (Å²) in [4.78, 5) is 0. The topological polar surface area (TPSA) is 0 Å². The maximum absolute atomic E-state index is 2.29. The van der Waals surface area contributed by atoms with E-state index in [1.807, 2.05) is 13.8 Å². The molecule has 0 saturated carbocycles. The van der Waals surface area contributed by atoms with Crippen molar-refractivity contribution in [2.24, 2.45) is 0 Å². The predicted octanol–water partition coefficient (Wildman–Crippen LogP) is 4.79. The fourth-order valence-electron chi connectivity index (χ4n) is 2.07. The Kier molecular flexibility index (Phi) is 6.27. The first-order valence-corrected chi connectivity index (χ1v) is 5.49. The molecule has 0 nitrogen and oxygen atoms in total. The van der Waals surface area contributed by atoms with Crippen molar-refractivity contribution in [2.45, 2.75) is 53.4 Å². The van der Waals surface area contributed by atoms with Crippen LogP contribution in [0.4, 0.5) is 0 Å². The summed E-state index contributed by atoms with van der Waals surface area (Å²) in [6, 6.07) is 8.87. The molecule has 1 unspecified atom stereocenters. The molecular formula is C14H24. The van der Waals surface area contributed by atoms with Gasteiger partial charge in [-0.15, -0.1) is 0 Å². The van der Waals surface area contributed by atoms with Crippen molar-refractivity contribution in [2.75, 3.05) is 0 Å². The van der Waals surface area contributed by atoms with Gasteiger partial charge in [0.1, 0.15) is 0 Å². The fraction of sp³-hybridized carbons (Fsp3) is 0.571. The molecule has 0 amide bonds. The fourth-order valence-corrected chi connectivity index (χ4v) is 2.07.